The Morgan fingerprint density at radius 3 is 2.56 bits per heavy atom. The highest BCUT2D eigenvalue weighted by Gasteiger charge is 2.33. The molecule has 3 aliphatic heterocycles. The number of aromatic nitrogens is 2. The largest absolute Gasteiger partial charge is 0.349 e. The average molecular weight is 346 g/mol. The van der Waals surface area contributed by atoms with Crippen LogP contribution in [0.2, 0.25) is 0 Å². The first-order chi connectivity index (χ1) is 12.3. The van der Waals surface area contributed by atoms with E-state index >= 15 is 0 Å². The van der Waals surface area contributed by atoms with Crippen molar-refractivity contribution in [3.63, 3.8) is 0 Å². The number of aryl methyl sites for hydroxylation is 1. The zero-order valence-corrected chi connectivity index (χ0v) is 15.3. The molecule has 3 saturated heterocycles. The predicted octanol–water partition coefficient (Wildman–Crippen LogP) is 2.50. The maximum Gasteiger partial charge on any atom is 0.225 e. The minimum Gasteiger partial charge on any atom is -0.349 e. The summed E-state index contributed by atoms with van der Waals surface area (Å²) in [5, 5.41) is 0. The van der Waals surface area contributed by atoms with Gasteiger partial charge in [-0.05, 0) is 51.6 Å². The topological polar surface area (TPSA) is 50.7 Å². The molecule has 25 heavy (non-hydrogen) atoms. The summed E-state index contributed by atoms with van der Waals surface area (Å²) in [4.78, 5) is 14.4. The summed E-state index contributed by atoms with van der Waals surface area (Å²) in [6.07, 6.45) is 7.40. The second-order valence-electron chi connectivity index (χ2n) is 7.49. The van der Waals surface area contributed by atoms with Gasteiger partial charge in [-0.3, -0.25) is 4.90 Å². The highest BCUT2D eigenvalue weighted by molar-refractivity contribution is 5.32. The molecule has 1 aromatic rings. The van der Waals surface area contributed by atoms with Crippen LogP contribution in [0.3, 0.4) is 0 Å². The summed E-state index contributed by atoms with van der Waals surface area (Å²) < 4.78 is 11.6. The van der Waals surface area contributed by atoms with Gasteiger partial charge in [-0.1, -0.05) is 6.42 Å². The van der Waals surface area contributed by atoms with E-state index in [1.165, 1.54) is 32.1 Å². The first kappa shape index (κ1) is 17.2. The van der Waals surface area contributed by atoms with Crippen LogP contribution in [-0.4, -0.2) is 60.0 Å². The summed E-state index contributed by atoms with van der Waals surface area (Å²) in [6, 6.07) is 2.49. The van der Waals surface area contributed by atoms with Crippen molar-refractivity contribution in [2.45, 2.75) is 64.3 Å². The van der Waals surface area contributed by atoms with E-state index in [9.17, 15) is 0 Å². The minimum absolute atomic E-state index is 0.0650. The Hall–Kier alpha value is -1.24. The predicted molar refractivity (Wildman–Crippen MR) is 96.6 cm³/mol. The zero-order chi connectivity index (χ0) is 17.1. The number of piperidine rings is 2. The molecule has 0 bridgehead atoms. The van der Waals surface area contributed by atoms with Crippen LogP contribution >= 0.6 is 0 Å². The molecule has 4 rings (SSSR count). The third-order valence-electron chi connectivity index (χ3n) is 5.53. The fourth-order valence-electron chi connectivity index (χ4n) is 4.26. The standard InChI is InChI=1S/C19H30N4O2/c1-15-13-16(21-19(20-15)22-8-4-2-5-9-22)14-23-10-6-3-7-17(23)18-24-11-12-25-18/h13,17-18H,2-12,14H2,1H3/t17-/m1/s1. The Balaban J connectivity index is 1.49. The smallest absolute Gasteiger partial charge is 0.225 e. The van der Waals surface area contributed by atoms with E-state index in [0.717, 1.165) is 63.1 Å². The number of hydrogen-bond acceptors (Lipinski definition) is 6. The molecule has 0 aliphatic carbocycles. The van der Waals surface area contributed by atoms with Crippen molar-refractivity contribution >= 4 is 5.95 Å². The molecule has 0 spiro atoms. The van der Waals surface area contributed by atoms with Crippen LogP contribution in [0.15, 0.2) is 6.07 Å². The quantitative estimate of drug-likeness (QED) is 0.835. The summed E-state index contributed by atoms with van der Waals surface area (Å²) in [6.45, 7) is 7.64. The van der Waals surface area contributed by atoms with Gasteiger partial charge in [0.25, 0.3) is 0 Å². The maximum absolute atomic E-state index is 5.80. The molecule has 4 heterocycles. The molecular formula is C19H30N4O2. The Morgan fingerprint density at radius 2 is 1.76 bits per heavy atom. The average Bonchev–Trinajstić information content (AvgIpc) is 3.17. The van der Waals surface area contributed by atoms with E-state index in [1.807, 2.05) is 0 Å². The molecule has 6 heteroatoms. The van der Waals surface area contributed by atoms with Crippen LogP contribution in [0, 0.1) is 6.92 Å². The third kappa shape index (κ3) is 4.13. The fourth-order valence-corrected chi connectivity index (χ4v) is 4.26. The fraction of sp³-hybridized carbons (Fsp3) is 0.789. The van der Waals surface area contributed by atoms with Crippen molar-refractivity contribution in [2.24, 2.45) is 0 Å². The highest BCUT2D eigenvalue weighted by atomic mass is 16.7. The van der Waals surface area contributed by atoms with E-state index in [4.69, 9.17) is 19.4 Å². The van der Waals surface area contributed by atoms with Crippen LogP contribution in [0.1, 0.15) is 49.9 Å². The van der Waals surface area contributed by atoms with Gasteiger partial charge in [0.15, 0.2) is 6.29 Å². The van der Waals surface area contributed by atoms with Crippen molar-refractivity contribution in [3.05, 3.63) is 17.5 Å². The molecule has 138 valence electrons. The Labute approximate surface area is 150 Å². The van der Waals surface area contributed by atoms with Crippen LogP contribution in [-0.2, 0) is 16.0 Å². The van der Waals surface area contributed by atoms with Gasteiger partial charge in [-0.15, -0.1) is 0 Å². The first-order valence-electron chi connectivity index (χ1n) is 9.86. The van der Waals surface area contributed by atoms with Gasteiger partial charge in [0.1, 0.15) is 0 Å². The van der Waals surface area contributed by atoms with Crippen LogP contribution < -0.4 is 4.90 Å². The first-order valence-corrected chi connectivity index (χ1v) is 9.86. The van der Waals surface area contributed by atoms with Crippen LogP contribution in [0.5, 0.6) is 0 Å². The second-order valence-corrected chi connectivity index (χ2v) is 7.49. The number of likely N-dealkylation sites (tertiary alicyclic amines) is 1. The molecular weight excluding hydrogens is 316 g/mol. The van der Waals surface area contributed by atoms with Gasteiger partial charge < -0.3 is 14.4 Å². The number of ether oxygens (including phenoxy) is 2. The lowest BCUT2D eigenvalue weighted by atomic mass is 10.0. The maximum atomic E-state index is 5.80. The van der Waals surface area contributed by atoms with Crippen LogP contribution in [0.25, 0.3) is 0 Å². The molecule has 0 unspecified atom stereocenters. The zero-order valence-electron chi connectivity index (χ0n) is 15.3. The van der Waals surface area contributed by atoms with Crippen molar-refractivity contribution in [2.75, 3.05) is 37.7 Å². The van der Waals surface area contributed by atoms with Crippen molar-refractivity contribution in [1.29, 1.82) is 0 Å². The highest BCUT2D eigenvalue weighted by Crippen LogP contribution is 2.26. The van der Waals surface area contributed by atoms with Gasteiger partial charge in [0.2, 0.25) is 5.95 Å². The van der Waals surface area contributed by atoms with Crippen molar-refractivity contribution in [1.82, 2.24) is 14.9 Å². The lowest BCUT2D eigenvalue weighted by Gasteiger charge is -2.37. The lowest BCUT2D eigenvalue weighted by Crippen LogP contribution is -2.46. The number of rotatable bonds is 4. The minimum atomic E-state index is -0.0650. The Bertz CT molecular complexity index is 571. The van der Waals surface area contributed by atoms with E-state index in [0.29, 0.717) is 6.04 Å². The molecule has 6 nitrogen and oxygen atoms in total. The van der Waals surface area contributed by atoms with E-state index in [2.05, 4.69) is 22.8 Å². The molecule has 0 radical (unpaired) electrons. The molecule has 0 amide bonds. The summed E-state index contributed by atoms with van der Waals surface area (Å²) in [7, 11) is 0. The lowest BCUT2D eigenvalue weighted by molar-refractivity contribution is -0.111. The molecule has 0 N–H and O–H groups in total. The number of nitrogens with zero attached hydrogens (tertiary/aromatic N) is 4. The SMILES string of the molecule is Cc1cc(CN2CCCC[C@@H]2C2OCCO2)nc(N2CCCCC2)n1. The van der Waals surface area contributed by atoms with Gasteiger partial charge >= 0.3 is 0 Å². The molecule has 3 aliphatic rings. The third-order valence-corrected chi connectivity index (χ3v) is 5.53. The second kappa shape index (κ2) is 7.98. The molecule has 0 aromatic carbocycles. The summed E-state index contributed by atoms with van der Waals surface area (Å²) >= 11 is 0. The van der Waals surface area contributed by atoms with E-state index in [-0.39, 0.29) is 6.29 Å². The van der Waals surface area contributed by atoms with E-state index < -0.39 is 0 Å². The molecule has 1 aromatic heterocycles. The normalized spacial score (nSPS) is 26.3. The number of hydrogen-bond donors (Lipinski definition) is 0. The van der Waals surface area contributed by atoms with Crippen molar-refractivity contribution < 1.29 is 9.47 Å². The van der Waals surface area contributed by atoms with Crippen molar-refractivity contribution in [3.8, 4) is 0 Å². The van der Waals surface area contributed by atoms with E-state index in [1.54, 1.807) is 0 Å². The Morgan fingerprint density at radius 1 is 1.00 bits per heavy atom. The van der Waals surface area contributed by atoms with Gasteiger partial charge in [-0.2, -0.15) is 0 Å². The number of anilines is 1. The Kier molecular flexibility index (Phi) is 5.48. The molecule has 3 fully saturated rings. The molecule has 0 saturated carbocycles. The monoisotopic (exact) mass is 346 g/mol. The summed E-state index contributed by atoms with van der Waals surface area (Å²) in [5.74, 6) is 0.914. The van der Waals surface area contributed by atoms with Gasteiger partial charge in [-0.25, -0.2) is 9.97 Å². The van der Waals surface area contributed by atoms with Crippen LogP contribution in [0.4, 0.5) is 5.95 Å². The van der Waals surface area contributed by atoms with Gasteiger partial charge in [0.05, 0.1) is 24.9 Å². The molecule has 1 atom stereocenters. The van der Waals surface area contributed by atoms with Gasteiger partial charge in [0, 0.05) is 25.3 Å². The summed E-state index contributed by atoms with van der Waals surface area (Å²) in [5.41, 5.74) is 2.19.